The maximum absolute atomic E-state index is 11.8. The quantitative estimate of drug-likeness (QED) is 0.676. The molecular weight excluding hydrogens is 190 g/mol. The maximum Gasteiger partial charge on any atom is 0.222 e. The molecule has 1 amide bonds. The molecule has 3 nitrogen and oxygen atoms in total. The predicted octanol–water partition coefficient (Wildman–Crippen LogP) is 2.06. The first-order chi connectivity index (χ1) is 7.11. The number of amides is 1. The maximum atomic E-state index is 11.8. The third-order valence-corrected chi connectivity index (χ3v) is 2.78. The molecule has 15 heavy (non-hydrogen) atoms. The van der Waals surface area contributed by atoms with Crippen molar-refractivity contribution in [1.82, 2.24) is 4.90 Å². The molecule has 0 unspecified atom stereocenters. The first-order valence-electron chi connectivity index (χ1n) is 5.97. The number of ether oxygens (including phenoxy) is 1. The van der Waals surface area contributed by atoms with E-state index in [-0.39, 0.29) is 5.41 Å². The van der Waals surface area contributed by atoms with Gasteiger partial charge < -0.3 is 9.64 Å². The second-order valence-corrected chi connectivity index (χ2v) is 4.87. The highest BCUT2D eigenvalue weighted by Crippen LogP contribution is 2.27. The molecule has 0 spiro atoms. The van der Waals surface area contributed by atoms with E-state index in [2.05, 4.69) is 20.8 Å². The number of hydrogen-bond acceptors (Lipinski definition) is 2. The molecule has 0 atom stereocenters. The van der Waals surface area contributed by atoms with Crippen LogP contribution in [0.1, 0.15) is 40.0 Å². The third-order valence-electron chi connectivity index (χ3n) is 2.78. The molecular formula is C12H23NO2. The lowest BCUT2D eigenvalue weighted by molar-refractivity contribution is -0.144. The molecule has 0 saturated carbocycles. The molecule has 0 radical (unpaired) electrons. The molecule has 0 aromatic heterocycles. The van der Waals surface area contributed by atoms with Crippen molar-refractivity contribution in [3.05, 3.63) is 0 Å². The fourth-order valence-corrected chi connectivity index (χ4v) is 1.94. The molecule has 1 aliphatic heterocycles. The molecule has 0 aliphatic carbocycles. The van der Waals surface area contributed by atoms with Crippen LogP contribution in [0.2, 0.25) is 0 Å². The summed E-state index contributed by atoms with van der Waals surface area (Å²) < 4.78 is 5.22. The summed E-state index contributed by atoms with van der Waals surface area (Å²) in [7, 11) is 0. The number of carbonyl (C=O) groups excluding carboxylic acids is 1. The Hall–Kier alpha value is -0.570. The highest BCUT2D eigenvalue weighted by molar-refractivity contribution is 5.76. The standard InChI is InChI=1S/C12H23NO2/c1-4-6-11(14)13(7-5-2)8-12(3)9-15-10-12/h4-10H2,1-3H3. The van der Waals surface area contributed by atoms with Crippen LogP contribution in [-0.2, 0) is 9.53 Å². The topological polar surface area (TPSA) is 29.5 Å². The predicted molar refractivity (Wildman–Crippen MR) is 60.7 cm³/mol. The van der Waals surface area contributed by atoms with Crippen molar-refractivity contribution in [3.63, 3.8) is 0 Å². The first-order valence-corrected chi connectivity index (χ1v) is 5.97. The van der Waals surface area contributed by atoms with Gasteiger partial charge in [0.25, 0.3) is 0 Å². The van der Waals surface area contributed by atoms with Crippen molar-refractivity contribution in [1.29, 1.82) is 0 Å². The van der Waals surface area contributed by atoms with Crippen LogP contribution in [0.5, 0.6) is 0 Å². The molecule has 0 aromatic rings. The van der Waals surface area contributed by atoms with Crippen molar-refractivity contribution >= 4 is 5.91 Å². The highest BCUT2D eigenvalue weighted by atomic mass is 16.5. The van der Waals surface area contributed by atoms with Gasteiger partial charge in [0.15, 0.2) is 0 Å². The second kappa shape index (κ2) is 5.50. The van der Waals surface area contributed by atoms with Gasteiger partial charge in [0.2, 0.25) is 5.91 Å². The van der Waals surface area contributed by atoms with Gasteiger partial charge in [0.1, 0.15) is 0 Å². The minimum absolute atomic E-state index is 0.207. The van der Waals surface area contributed by atoms with Crippen molar-refractivity contribution < 1.29 is 9.53 Å². The van der Waals surface area contributed by atoms with Crippen molar-refractivity contribution in [2.75, 3.05) is 26.3 Å². The van der Waals surface area contributed by atoms with Gasteiger partial charge in [-0.2, -0.15) is 0 Å². The SMILES string of the molecule is CCCC(=O)N(CCC)CC1(C)COC1. The fraction of sp³-hybridized carbons (Fsp3) is 0.917. The molecule has 3 heteroatoms. The summed E-state index contributed by atoms with van der Waals surface area (Å²) in [5, 5.41) is 0. The van der Waals surface area contributed by atoms with Gasteiger partial charge in [-0.05, 0) is 12.8 Å². The number of carbonyl (C=O) groups is 1. The van der Waals surface area contributed by atoms with E-state index >= 15 is 0 Å². The Balaban J connectivity index is 2.45. The van der Waals surface area contributed by atoms with E-state index in [1.807, 2.05) is 4.90 Å². The van der Waals surface area contributed by atoms with Crippen molar-refractivity contribution in [3.8, 4) is 0 Å². The van der Waals surface area contributed by atoms with E-state index < -0.39 is 0 Å². The summed E-state index contributed by atoms with van der Waals surface area (Å²) in [6.45, 7) is 9.70. The Bertz CT molecular complexity index is 212. The summed E-state index contributed by atoms with van der Waals surface area (Å²) >= 11 is 0. The zero-order valence-corrected chi connectivity index (χ0v) is 10.2. The average molecular weight is 213 g/mol. The normalized spacial score (nSPS) is 18.3. The van der Waals surface area contributed by atoms with Crippen molar-refractivity contribution in [2.24, 2.45) is 5.41 Å². The van der Waals surface area contributed by atoms with Gasteiger partial charge in [-0.15, -0.1) is 0 Å². The Morgan fingerprint density at radius 3 is 2.40 bits per heavy atom. The monoisotopic (exact) mass is 213 g/mol. The molecule has 1 fully saturated rings. The van der Waals surface area contributed by atoms with Crippen LogP contribution in [-0.4, -0.2) is 37.1 Å². The molecule has 1 heterocycles. The van der Waals surface area contributed by atoms with Gasteiger partial charge in [0.05, 0.1) is 13.2 Å². The van der Waals surface area contributed by atoms with Crippen LogP contribution in [0.4, 0.5) is 0 Å². The summed E-state index contributed by atoms with van der Waals surface area (Å²) in [6, 6.07) is 0. The molecule has 1 rings (SSSR count). The number of nitrogens with zero attached hydrogens (tertiary/aromatic N) is 1. The van der Waals surface area contributed by atoms with E-state index in [0.29, 0.717) is 12.3 Å². The fourth-order valence-electron chi connectivity index (χ4n) is 1.94. The Morgan fingerprint density at radius 2 is 2.00 bits per heavy atom. The zero-order chi connectivity index (χ0) is 11.3. The average Bonchev–Trinajstić information content (AvgIpc) is 2.15. The number of rotatable bonds is 6. The van der Waals surface area contributed by atoms with Crippen LogP contribution < -0.4 is 0 Å². The van der Waals surface area contributed by atoms with Crippen LogP contribution in [0.15, 0.2) is 0 Å². The molecule has 88 valence electrons. The van der Waals surface area contributed by atoms with E-state index in [1.165, 1.54) is 0 Å². The Labute approximate surface area is 92.8 Å². The molecule has 0 N–H and O–H groups in total. The van der Waals surface area contributed by atoms with Gasteiger partial charge in [-0.25, -0.2) is 0 Å². The largest absolute Gasteiger partial charge is 0.380 e. The van der Waals surface area contributed by atoms with Crippen LogP contribution in [0, 0.1) is 5.41 Å². The molecule has 0 aromatic carbocycles. The number of hydrogen-bond donors (Lipinski definition) is 0. The Kier molecular flexibility index (Phi) is 4.58. The summed E-state index contributed by atoms with van der Waals surface area (Å²) in [6.07, 6.45) is 2.65. The lowest BCUT2D eigenvalue weighted by Crippen LogP contribution is -2.50. The molecule has 1 saturated heterocycles. The van der Waals surface area contributed by atoms with E-state index in [9.17, 15) is 4.79 Å². The Morgan fingerprint density at radius 1 is 1.33 bits per heavy atom. The summed E-state index contributed by atoms with van der Waals surface area (Å²) in [5.41, 5.74) is 0.207. The first kappa shape index (κ1) is 12.5. The molecule has 0 bridgehead atoms. The zero-order valence-electron chi connectivity index (χ0n) is 10.2. The third kappa shape index (κ3) is 3.49. The van der Waals surface area contributed by atoms with Gasteiger partial charge in [0, 0.05) is 24.9 Å². The molecule has 1 aliphatic rings. The smallest absolute Gasteiger partial charge is 0.222 e. The lowest BCUT2D eigenvalue weighted by atomic mass is 9.88. The minimum atomic E-state index is 0.207. The van der Waals surface area contributed by atoms with Gasteiger partial charge in [-0.3, -0.25) is 4.79 Å². The summed E-state index contributed by atoms with van der Waals surface area (Å²) in [5.74, 6) is 0.299. The van der Waals surface area contributed by atoms with Crippen LogP contribution >= 0.6 is 0 Å². The van der Waals surface area contributed by atoms with E-state index in [4.69, 9.17) is 4.74 Å². The van der Waals surface area contributed by atoms with E-state index in [1.54, 1.807) is 0 Å². The van der Waals surface area contributed by atoms with Gasteiger partial charge in [-0.1, -0.05) is 20.8 Å². The van der Waals surface area contributed by atoms with Crippen molar-refractivity contribution in [2.45, 2.75) is 40.0 Å². The van der Waals surface area contributed by atoms with Crippen LogP contribution in [0.3, 0.4) is 0 Å². The van der Waals surface area contributed by atoms with E-state index in [0.717, 1.165) is 39.1 Å². The highest BCUT2D eigenvalue weighted by Gasteiger charge is 2.36. The minimum Gasteiger partial charge on any atom is -0.380 e. The summed E-state index contributed by atoms with van der Waals surface area (Å²) in [4.78, 5) is 13.8. The van der Waals surface area contributed by atoms with Crippen LogP contribution in [0.25, 0.3) is 0 Å². The van der Waals surface area contributed by atoms with Gasteiger partial charge >= 0.3 is 0 Å². The second-order valence-electron chi connectivity index (χ2n) is 4.87. The lowest BCUT2D eigenvalue weighted by Gasteiger charge is -2.41.